The van der Waals surface area contributed by atoms with Crippen molar-refractivity contribution in [3.8, 4) is 0 Å². The molecular weight excluding hydrogens is 360 g/mol. The SMILES string of the molecule is CC(=O)O[C@@H](C)[C@@H](/C=C/[C@@H]1OC1[C@@H]1OC(=O)C=C[C@@H]1OC(C)=O)OC(C)=O. The van der Waals surface area contributed by atoms with E-state index >= 15 is 0 Å². The minimum atomic E-state index is -0.797. The third kappa shape index (κ3) is 6.21. The second-order valence-electron chi connectivity index (χ2n) is 6.17. The van der Waals surface area contributed by atoms with Gasteiger partial charge < -0.3 is 23.7 Å². The van der Waals surface area contributed by atoms with Crippen LogP contribution in [0.25, 0.3) is 0 Å². The largest absolute Gasteiger partial charge is 0.459 e. The third-order valence-corrected chi connectivity index (χ3v) is 3.79. The van der Waals surface area contributed by atoms with Crippen LogP contribution in [0.2, 0.25) is 0 Å². The van der Waals surface area contributed by atoms with Gasteiger partial charge in [0.15, 0.2) is 18.3 Å². The summed E-state index contributed by atoms with van der Waals surface area (Å²) in [5.74, 6) is -2.09. The molecular formula is C18H22O9. The summed E-state index contributed by atoms with van der Waals surface area (Å²) in [6.45, 7) is 5.35. The fourth-order valence-corrected chi connectivity index (χ4v) is 2.66. The van der Waals surface area contributed by atoms with Gasteiger partial charge in [0.1, 0.15) is 18.3 Å². The number of esters is 4. The molecule has 0 aliphatic carbocycles. The first-order valence-electron chi connectivity index (χ1n) is 8.41. The number of hydrogen-bond acceptors (Lipinski definition) is 9. The first kappa shape index (κ1) is 20.6. The van der Waals surface area contributed by atoms with Crippen LogP contribution in [0, 0.1) is 0 Å². The molecule has 0 radical (unpaired) electrons. The molecule has 0 N–H and O–H groups in total. The maximum atomic E-state index is 11.5. The van der Waals surface area contributed by atoms with E-state index in [0.29, 0.717) is 0 Å². The smallest absolute Gasteiger partial charge is 0.331 e. The average molecular weight is 382 g/mol. The fraction of sp³-hybridized carbons (Fsp3) is 0.556. The van der Waals surface area contributed by atoms with E-state index in [0.717, 1.165) is 0 Å². The first-order valence-corrected chi connectivity index (χ1v) is 8.41. The minimum Gasteiger partial charge on any atom is -0.459 e. The highest BCUT2D eigenvalue weighted by Crippen LogP contribution is 2.33. The summed E-state index contributed by atoms with van der Waals surface area (Å²) in [4.78, 5) is 45.1. The lowest BCUT2D eigenvalue weighted by atomic mass is 10.0. The lowest BCUT2D eigenvalue weighted by molar-refractivity contribution is -0.163. The van der Waals surface area contributed by atoms with Crippen molar-refractivity contribution < 1.29 is 42.9 Å². The summed E-state index contributed by atoms with van der Waals surface area (Å²) in [5.41, 5.74) is 0. The van der Waals surface area contributed by atoms with E-state index in [4.69, 9.17) is 23.7 Å². The summed E-state index contributed by atoms with van der Waals surface area (Å²) < 4.78 is 26.0. The molecule has 148 valence electrons. The zero-order valence-corrected chi connectivity index (χ0v) is 15.4. The highest BCUT2D eigenvalue weighted by atomic mass is 16.6. The molecule has 0 saturated carbocycles. The van der Waals surface area contributed by atoms with Crippen molar-refractivity contribution in [1.29, 1.82) is 0 Å². The van der Waals surface area contributed by atoms with Gasteiger partial charge in [-0.3, -0.25) is 14.4 Å². The molecule has 0 amide bonds. The van der Waals surface area contributed by atoms with Gasteiger partial charge in [0.25, 0.3) is 0 Å². The van der Waals surface area contributed by atoms with Gasteiger partial charge in [-0.05, 0) is 19.1 Å². The summed E-state index contributed by atoms with van der Waals surface area (Å²) in [5, 5.41) is 0. The molecule has 0 bridgehead atoms. The number of epoxide rings is 1. The van der Waals surface area contributed by atoms with Crippen LogP contribution in [-0.2, 0) is 42.9 Å². The second kappa shape index (κ2) is 8.81. The van der Waals surface area contributed by atoms with Crippen molar-refractivity contribution >= 4 is 23.9 Å². The normalized spacial score (nSPS) is 28.8. The molecule has 0 aromatic rings. The molecule has 0 aromatic carbocycles. The van der Waals surface area contributed by atoms with Crippen molar-refractivity contribution in [3.63, 3.8) is 0 Å². The maximum Gasteiger partial charge on any atom is 0.331 e. The number of carbonyl (C=O) groups is 4. The van der Waals surface area contributed by atoms with E-state index in [2.05, 4.69) is 0 Å². The zero-order chi connectivity index (χ0) is 20.1. The molecule has 1 saturated heterocycles. The number of hydrogen-bond donors (Lipinski definition) is 0. The Hall–Kier alpha value is -2.68. The zero-order valence-electron chi connectivity index (χ0n) is 15.4. The quantitative estimate of drug-likeness (QED) is 0.270. The predicted molar refractivity (Wildman–Crippen MR) is 89.2 cm³/mol. The Balaban J connectivity index is 2.01. The molecule has 1 unspecified atom stereocenters. The molecule has 2 aliphatic rings. The van der Waals surface area contributed by atoms with Gasteiger partial charge in [-0.25, -0.2) is 4.79 Å². The van der Waals surface area contributed by atoms with Gasteiger partial charge in [-0.15, -0.1) is 0 Å². The number of cyclic esters (lactones) is 1. The molecule has 2 rings (SSSR count). The van der Waals surface area contributed by atoms with Crippen LogP contribution in [0.1, 0.15) is 27.7 Å². The lowest BCUT2D eigenvalue weighted by Crippen LogP contribution is -2.40. The van der Waals surface area contributed by atoms with Gasteiger partial charge >= 0.3 is 23.9 Å². The van der Waals surface area contributed by atoms with Crippen molar-refractivity contribution in [1.82, 2.24) is 0 Å². The summed E-state index contributed by atoms with van der Waals surface area (Å²) >= 11 is 0. The van der Waals surface area contributed by atoms with Crippen LogP contribution in [0.15, 0.2) is 24.3 Å². The molecule has 9 nitrogen and oxygen atoms in total. The molecule has 0 aromatic heterocycles. The molecule has 2 heterocycles. The molecule has 9 heteroatoms. The Labute approximate surface area is 156 Å². The molecule has 2 aliphatic heterocycles. The van der Waals surface area contributed by atoms with Gasteiger partial charge in [0, 0.05) is 26.8 Å². The number of rotatable bonds is 7. The van der Waals surface area contributed by atoms with Gasteiger partial charge in [-0.2, -0.15) is 0 Å². The number of ether oxygens (including phenoxy) is 5. The number of carbonyl (C=O) groups excluding carboxylic acids is 4. The minimum absolute atomic E-state index is 0.435. The first-order chi connectivity index (χ1) is 12.7. The van der Waals surface area contributed by atoms with Gasteiger partial charge in [0.05, 0.1) is 0 Å². The van der Waals surface area contributed by atoms with Gasteiger partial charge in [-0.1, -0.05) is 6.08 Å². The summed E-state index contributed by atoms with van der Waals surface area (Å²) in [6.07, 6.45) is 1.84. The van der Waals surface area contributed by atoms with Crippen LogP contribution in [0.5, 0.6) is 0 Å². The topological polar surface area (TPSA) is 118 Å². The van der Waals surface area contributed by atoms with Crippen LogP contribution in [0.3, 0.4) is 0 Å². The van der Waals surface area contributed by atoms with Crippen molar-refractivity contribution in [2.45, 2.75) is 64.3 Å². The van der Waals surface area contributed by atoms with E-state index < -0.39 is 60.5 Å². The lowest BCUT2D eigenvalue weighted by Gasteiger charge is -2.25. The van der Waals surface area contributed by atoms with Crippen LogP contribution in [-0.4, -0.2) is 60.5 Å². The average Bonchev–Trinajstić information content (AvgIpc) is 3.31. The fourth-order valence-electron chi connectivity index (χ4n) is 2.66. The van der Waals surface area contributed by atoms with E-state index in [1.54, 1.807) is 19.1 Å². The monoisotopic (exact) mass is 382 g/mol. The van der Waals surface area contributed by atoms with Crippen LogP contribution < -0.4 is 0 Å². The highest BCUT2D eigenvalue weighted by Gasteiger charge is 2.50. The highest BCUT2D eigenvalue weighted by molar-refractivity contribution is 5.83. The van der Waals surface area contributed by atoms with Crippen molar-refractivity contribution in [2.75, 3.05) is 0 Å². The standard InChI is InChI=1S/C18H22O9/c1-9(23-10(2)19)13(24-11(3)20)5-6-15-17(26-15)18-14(25-12(4)21)7-8-16(22)27-18/h5-9,13-15,17-18H,1-4H3/b6-5+/t9-,13+,14-,15-,17?,18+/m0/s1. The van der Waals surface area contributed by atoms with E-state index in [-0.39, 0.29) is 0 Å². The van der Waals surface area contributed by atoms with Crippen molar-refractivity contribution in [3.05, 3.63) is 24.3 Å². The Bertz CT molecular complexity index is 666. The van der Waals surface area contributed by atoms with E-state index in [1.807, 2.05) is 0 Å². The molecule has 6 atom stereocenters. The van der Waals surface area contributed by atoms with E-state index in [9.17, 15) is 19.2 Å². The Morgan fingerprint density at radius 3 is 2.33 bits per heavy atom. The maximum absolute atomic E-state index is 11.5. The van der Waals surface area contributed by atoms with Crippen LogP contribution in [0.4, 0.5) is 0 Å². The predicted octanol–water partition coefficient (Wildman–Crippen LogP) is 0.607. The summed E-state index contributed by atoms with van der Waals surface area (Å²) in [7, 11) is 0. The summed E-state index contributed by atoms with van der Waals surface area (Å²) in [6, 6.07) is 0. The Morgan fingerprint density at radius 1 is 1.07 bits per heavy atom. The van der Waals surface area contributed by atoms with Crippen molar-refractivity contribution in [2.24, 2.45) is 0 Å². The third-order valence-electron chi connectivity index (χ3n) is 3.79. The van der Waals surface area contributed by atoms with Crippen LogP contribution >= 0.6 is 0 Å². The molecule has 1 fully saturated rings. The molecule has 0 spiro atoms. The van der Waals surface area contributed by atoms with E-state index in [1.165, 1.54) is 32.9 Å². The Morgan fingerprint density at radius 2 is 1.74 bits per heavy atom. The van der Waals surface area contributed by atoms with Gasteiger partial charge in [0.2, 0.25) is 0 Å². The molecule has 27 heavy (non-hydrogen) atoms. The Kier molecular flexibility index (Phi) is 6.73. The second-order valence-corrected chi connectivity index (χ2v) is 6.17.